The van der Waals surface area contributed by atoms with Gasteiger partial charge in [-0.15, -0.1) is 11.3 Å². The van der Waals surface area contributed by atoms with E-state index in [9.17, 15) is 4.79 Å². The van der Waals surface area contributed by atoms with E-state index < -0.39 is 0 Å². The fourth-order valence-electron chi connectivity index (χ4n) is 1.68. The van der Waals surface area contributed by atoms with Crippen LogP contribution in [0.4, 0.5) is 0 Å². The number of nitrogens with zero attached hydrogens (tertiary/aromatic N) is 1. The van der Waals surface area contributed by atoms with Crippen molar-refractivity contribution in [1.82, 2.24) is 10.2 Å². The van der Waals surface area contributed by atoms with Crippen LogP contribution in [0.1, 0.15) is 36.6 Å². The lowest BCUT2D eigenvalue weighted by Gasteiger charge is -2.17. The standard InChI is InChI=1S/C14H25N3OS/c1-14(2,3)11-7-6-10(19-11)12(13(15)18)16-8-9-17(4)5/h6-7,12,16H,8-9H2,1-5H3,(H2,15,18). The number of hydrogen-bond acceptors (Lipinski definition) is 4. The van der Waals surface area contributed by atoms with Gasteiger partial charge >= 0.3 is 0 Å². The minimum Gasteiger partial charge on any atom is -0.368 e. The molecule has 0 saturated carbocycles. The number of primary amides is 1. The zero-order valence-corrected chi connectivity index (χ0v) is 13.3. The summed E-state index contributed by atoms with van der Waals surface area (Å²) in [6.07, 6.45) is 0. The molecule has 1 heterocycles. The second-order valence-electron chi connectivity index (χ2n) is 6.04. The van der Waals surface area contributed by atoms with Crippen LogP contribution in [0.25, 0.3) is 0 Å². The van der Waals surface area contributed by atoms with Gasteiger partial charge in [0.15, 0.2) is 0 Å². The molecule has 5 heteroatoms. The first-order chi connectivity index (χ1) is 8.71. The Morgan fingerprint density at radius 2 is 2.05 bits per heavy atom. The van der Waals surface area contributed by atoms with Crippen LogP contribution in [0.15, 0.2) is 12.1 Å². The van der Waals surface area contributed by atoms with E-state index in [-0.39, 0.29) is 17.4 Å². The quantitative estimate of drug-likeness (QED) is 0.836. The molecule has 1 rings (SSSR count). The molecule has 0 bridgehead atoms. The summed E-state index contributed by atoms with van der Waals surface area (Å²) in [5.74, 6) is -0.318. The van der Waals surface area contributed by atoms with Gasteiger partial charge in [-0.25, -0.2) is 0 Å². The van der Waals surface area contributed by atoms with Gasteiger partial charge in [-0.3, -0.25) is 4.79 Å². The minimum atomic E-state index is -0.388. The van der Waals surface area contributed by atoms with Gasteiger partial charge in [0, 0.05) is 22.8 Å². The van der Waals surface area contributed by atoms with Gasteiger partial charge in [0.25, 0.3) is 0 Å². The van der Waals surface area contributed by atoms with Crippen molar-refractivity contribution < 1.29 is 4.79 Å². The summed E-state index contributed by atoms with van der Waals surface area (Å²) in [6, 6.07) is 3.70. The molecule has 0 aliphatic carbocycles. The third-order valence-electron chi connectivity index (χ3n) is 2.84. The third-order valence-corrected chi connectivity index (χ3v) is 4.42. The second kappa shape index (κ2) is 6.50. The molecule has 0 spiro atoms. The molecule has 0 saturated heterocycles. The molecule has 19 heavy (non-hydrogen) atoms. The Morgan fingerprint density at radius 3 is 2.47 bits per heavy atom. The Kier molecular flexibility index (Phi) is 5.52. The summed E-state index contributed by atoms with van der Waals surface area (Å²) >= 11 is 1.66. The van der Waals surface area contributed by atoms with Gasteiger partial charge in [0.2, 0.25) is 5.91 Å². The highest BCUT2D eigenvalue weighted by Crippen LogP contribution is 2.32. The van der Waals surface area contributed by atoms with Crippen molar-refractivity contribution in [3.63, 3.8) is 0 Å². The maximum Gasteiger partial charge on any atom is 0.239 e. The van der Waals surface area contributed by atoms with E-state index in [1.54, 1.807) is 11.3 Å². The first-order valence-electron chi connectivity index (χ1n) is 6.49. The number of likely N-dealkylation sites (N-methyl/N-ethyl adjacent to an activating group) is 1. The normalized spacial score (nSPS) is 13.8. The van der Waals surface area contributed by atoms with Crippen molar-refractivity contribution in [2.75, 3.05) is 27.2 Å². The number of nitrogens with one attached hydrogen (secondary N) is 1. The number of rotatable bonds is 6. The van der Waals surface area contributed by atoms with E-state index >= 15 is 0 Å². The van der Waals surface area contributed by atoms with E-state index in [0.717, 1.165) is 18.0 Å². The molecule has 1 atom stereocenters. The van der Waals surface area contributed by atoms with E-state index in [0.29, 0.717) is 0 Å². The molecular formula is C14H25N3OS. The van der Waals surface area contributed by atoms with Crippen LogP contribution in [0, 0.1) is 0 Å². The van der Waals surface area contributed by atoms with Gasteiger partial charge in [0.1, 0.15) is 6.04 Å². The van der Waals surface area contributed by atoms with Crippen LogP contribution in [0.5, 0.6) is 0 Å². The average molecular weight is 283 g/mol. The second-order valence-corrected chi connectivity index (χ2v) is 7.16. The summed E-state index contributed by atoms with van der Waals surface area (Å²) < 4.78 is 0. The van der Waals surface area contributed by atoms with Crippen LogP contribution in [0.3, 0.4) is 0 Å². The van der Waals surface area contributed by atoms with E-state index in [1.165, 1.54) is 4.88 Å². The molecule has 1 unspecified atom stereocenters. The molecule has 0 aliphatic rings. The predicted molar refractivity (Wildman–Crippen MR) is 81.5 cm³/mol. The Morgan fingerprint density at radius 1 is 1.42 bits per heavy atom. The first kappa shape index (κ1) is 16.1. The lowest BCUT2D eigenvalue weighted by atomic mass is 9.95. The Labute approximate surface area is 120 Å². The highest BCUT2D eigenvalue weighted by molar-refractivity contribution is 7.12. The highest BCUT2D eigenvalue weighted by atomic mass is 32.1. The Hall–Kier alpha value is -0.910. The van der Waals surface area contributed by atoms with Crippen molar-refractivity contribution in [2.45, 2.75) is 32.2 Å². The lowest BCUT2D eigenvalue weighted by molar-refractivity contribution is -0.120. The molecule has 0 aromatic carbocycles. The number of amides is 1. The first-order valence-corrected chi connectivity index (χ1v) is 7.31. The van der Waals surface area contributed by atoms with Crippen LogP contribution >= 0.6 is 11.3 Å². The van der Waals surface area contributed by atoms with Gasteiger partial charge in [-0.1, -0.05) is 20.8 Å². The molecule has 0 fully saturated rings. The van der Waals surface area contributed by atoms with E-state index in [4.69, 9.17) is 5.73 Å². The molecule has 1 aromatic rings. The van der Waals surface area contributed by atoms with Crippen LogP contribution < -0.4 is 11.1 Å². The van der Waals surface area contributed by atoms with Crippen molar-refractivity contribution in [3.8, 4) is 0 Å². The minimum absolute atomic E-state index is 0.106. The number of carbonyl (C=O) groups is 1. The molecule has 1 aromatic heterocycles. The monoisotopic (exact) mass is 283 g/mol. The maximum atomic E-state index is 11.6. The molecular weight excluding hydrogens is 258 g/mol. The van der Waals surface area contributed by atoms with Crippen molar-refractivity contribution in [2.24, 2.45) is 5.73 Å². The number of carbonyl (C=O) groups excluding carboxylic acids is 1. The predicted octanol–water partition coefficient (Wildman–Crippen LogP) is 1.72. The van der Waals surface area contributed by atoms with Crippen molar-refractivity contribution >= 4 is 17.2 Å². The van der Waals surface area contributed by atoms with Crippen molar-refractivity contribution in [3.05, 3.63) is 21.9 Å². The summed E-state index contributed by atoms with van der Waals surface area (Å²) in [7, 11) is 4.01. The highest BCUT2D eigenvalue weighted by Gasteiger charge is 2.22. The van der Waals surface area contributed by atoms with Crippen LogP contribution in [0.2, 0.25) is 0 Å². The molecule has 4 nitrogen and oxygen atoms in total. The summed E-state index contributed by atoms with van der Waals surface area (Å²) in [5.41, 5.74) is 5.60. The van der Waals surface area contributed by atoms with E-state index in [2.05, 4.69) is 37.1 Å². The smallest absolute Gasteiger partial charge is 0.239 e. The topological polar surface area (TPSA) is 58.4 Å². The molecule has 0 aliphatic heterocycles. The summed E-state index contributed by atoms with van der Waals surface area (Å²) in [5, 5.41) is 3.23. The summed E-state index contributed by atoms with van der Waals surface area (Å²) in [6.45, 7) is 8.12. The zero-order valence-electron chi connectivity index (χ0n) is 12.5. The van der Waals surface area contributed by atoms with Gasteiger partial charge in [-0.2, -0.15) is 0 Å². The number of nitrogens with two attached hydrogens (primary N) is 1. The molecule has 3 N–H and O–H groups in total. The lowest BCUT2D eigenvalue weighted by Crippen LogP contribution is -2.36. The van der Waals surface area contributed by atoms with Gasteiger partial charge in [0.05, 0.1) is 0 Å². The third kappa shape index (κ3) is 4.93. The largest absolute Gasteiger partial charge is 0.368 e. The van der Waals surface area contributed by atoms with E-state index in [1.807, 2.05) is 20.2 Å². The Balaban J connectivity index is 2.77. The van der Waals surface area contributed by atoms with Crippen LogP contribution in [-0.4, -0.2) is 38.0 Å². The molecule has 108 valence electrons. The average Bonchev–Trinajstić information content (AvgIpc) is 2.71. The summed E-state index contributed by atoms with van der Waals surface area (Å²) in [4.78, 5) is 15.9. The maximum absolute atomic E-state index is 11.6. The Bertz CT molecular complexity index is 421. The SMILES string of the molecule is CN(C)CCNC(C(N)=O)c1ccc(C(C)(C)C)s1. The molecule has 0 radical (unpaired) electrons. The molecule has 1 amide bonds. The fraction of sp³-hybridized carbons (Fsp3) is 0.643. The van der Waals surface area contributed by atoms with Crippen LogP contribution in [-0.2, 0) is 10.2 Å². The zero-order chi connectivity index (χ0) is 14.6. The number of hydrogen-bond donors (Lipinski definition) is 2. The fourth-order valence-corrected chi connectivity index (χ4v) is 2.83. The number of thiophene rings is 1. The van der Waals surface area contributed by atoms with Gasteiger partial charge < -0.3 is 16.0 Å². The van der Waals surface area contributed by atoms with Gasteiger partial charge in [-0.05, 0) is 31.6 Å². The van der Waals surface area contributed by atoms with Crippen molar-refractivity contribution in [1.29, 1.82) is 0 Å².